The Morgan fingerprint density at radius 2 is 0.641 bits per heavy atom. The Labute approximate surface area is 226 Å². The first-order valence-electron chi connectivity index (χ1n) is 13.1. The minimum atomic E-state index is 0.862. The molecule has 0 aromatic heterocycles. The van der Waals surface area contributed by atoms with Gasteiger partial charge < -0.3 is 14.8 Å². The number of rotatable bonds is 2. The van der Waals surface area contributed by atoms with Gasteiger partial charge in [0.2, 0.25) is 0 Å². The third kappa shape index (κ3) is 3.59. The number of para-hydroxylation sites is 4. The van der Waals surface area contributed by atoms with Crippen LogP contribution < -0.4 is 14.8 Å². The van der Waals surface area contributed by atoms with Gasteiger partial charge in [0.1, 0.15) is 23.0 Å². The van der Waals surface area contributed by atoms with Crippen LogP contribution in [-0.4, -0.2) is 0 Å². The van der Waals surface area contributed by atoms with Crippen molar-refractivity contribution in [1.82, 2.24) is 0 Å². The third-order valence-electron chi connectivity index (χ3n) is 7.48. The number of nitrogens with one attached hydrogen (secondary N) is 1. The Hall–Kier alpha value is -5.28. The van der Waals surface area contributed by atoms with Crippen molar-refractivity contribution in [3.63, 3.8) is 0 Å². The van der Waals surface area contributed by atoms with Crippen molar-refractivity contribution >= 4 is 11.4 Å². The van der Waals surface area contributed by atoms with E-state index >= 15 is 0 Å². The van der Waals surface area contributed by atoms with Crippen LogP contribution in [0.5, 0.6) is 23.0 Å². The highest BCUT2D eigenvalue weighted by atomic mass is 16.5. The van der Waals surface area contributed by atoms with Crippen molar-refractivity contribution in [3.8, 4) is 67.5 Å². The van der Waals surface area contributed by atoms with Gasteiger partial charge in [-0.1, -0.05) is 84.9 Å². The Morgan fingerprint density at radius 3 is 1.03 bits per heavy atom. The van der Waals surface area contributed by atoms with Crippen molar-refractivity contribution in [1.29, 1.82) is 0 Å². The van der Waals surface area contributed by atoms with Crippen molar-refractivity contribution in [2.24, 2.45) is 0 Å². The predicted molar refractivity (Wildman–Crippen MR) is 158 cm³/mol. The van der Waals surface area contributed by atoms with Gasteiger partial charge in [0.25, 0.3) is 0 Å². The second-order valence-electron chi connectivity index (χ2n) is 9.83. The summed E-state index contributed by atoms with van der Waals surface area (Å²) < 4.78 is 12.7. The molecule has 1 N–H and O–H groups in total. The van der Waals surface area contributed by atoms with E-state index in [2.05, 4.69) is 90.2 Å². The molecule has 2 heterocycles. The molecule has 0 atom stereocenters. The summed E-state index contributed by atoms with van der Waals surface area (Å²) in [6.45, 7) is 0. The molecule has 3 nitrogen and oxygen atoms in total. The molecule has 6 aromatic rings. The summed E-state index contributed by atoms with van der Waals surface area (Å²) in [4.78, 5) is 0. The minimum Gasteiger partial charge on any atom is -0.456 e. The van der Waals surface area contributed by atoms with E-state index in [1.807, 2.05) is 48.5 Å². The molecule has 0 fully saturated rings. The number of hydrogen-bond acceptors (Lipinski definition) is 3. The normalized spacial score (nSPS) is 12.0. The number of hydrogen-bond donors (Lipinski definition) is 1. The van der Waals surface area contributed by atoms with Crippen LogP contribution in [0.1, 0.15) is 0 Å². The van der Waals surface area contributed by atoms with Crippen molar-refractivity contribution in [2.75, 3.05) is 5.32 Å². The van der Waals surface area contributed by atoms with Crippen molar-refractivity contribution in [2.45, 2.75) is 0 Å². The van der Waals surface area contributed by atoms with Gasteiger partial charge in [0, 0.05) is 33.6 Å². The van der Waals surface area contributed by atoms with Crippen LogP contribution in [0.15, 0.2) is 133 Å². The number of fused-ring (bicyclic) bond motifs is 10. The molecule has 2 aliphatic rings. The molecule has 0 saturated carbocycles. The molecule has 0 aliphatic carbocycles. The van der Waals surface area contributed by atoms with Crippen molar-refractivity contribution < 1.29 is 9.47 Å². The maximum absolute atomic E-state index is 6.35. The van der Waals surface area contributed by atoms with Crippen LogP contribution in [0.3, 0.4) is 0 Å². The van der Waals surface area contributed by atoms with Crippen LogP contribution >= 0.6 is 0 Å². The number of anilines is 2. The van der Waals surface area contributed by atoms with Gasteiger partial charge in [0.05, 0.1) is 0 Å². The van der Waals surface area contributed by atoms with Gasteiger partial charge in [-0.25, -0.2) is 0 Å². The van der Waals surface area contributed by atoms with E-state index in [9.17, 15) is 0 Å². The summed E-state index contributed by atoms with van der Waals surface area (Å²) in [5.74, 6) is 3.47. The maximum atomic E-state index is 6.35. The molecule has 0 amide bonds. The lowest BCUT2D eigenvalue weighted by Gasteiger charge is -2.15. The smallest absolute Gasteiger partial charge is 0.135 e. The summed E-state index contributed by atoms with van der Waals surface area (Å²) in [5.41, 5.74) is 11.0. The average molecular weight is 502 g/mol. The third-order valence-corrected chi connectivity index (χ3v) is 7.48. The Balaban J connectivity index is 1.25. The van der Waals surface area contributed by atoms with Crippen molar-refractivity contribution in [3.05, 3.63) is 133 Å². The summed E-state index contributed by atoms with van der Waals surface area (Å²) in [6.07, 6.45) is 0. The second kappa shape index (κ2) is 8.64. The van der Waals surface area contributed by atoms with Gasteiger partial charge in [-0.3, -0.25) is 0 Å². The van der Waals surface area contributed by atoms with Crippen LogP contribution in [-0.2, 0) is 0 Å². The highest BCUT2D eigenvalue weighted by molar-refractivity contribution is 5.94. The molecule has 39 heavy (non-hydrogen) atoms. The number of benzene rings is 6. The second-order valence-corrected chi connectivity index (χ2v) is 9.83. The fourth-order valence-electron chi connectivity index (χ4n) is 5.68. The lowest BCUT2D eigenvalue weighted by Crippen LogP contribution is -1.94. The molecule has 0 spiro atoms. The molecule has 8 rings (SSSR count). The number of ether oxygens (including phenoxy) is 2. The zero-order valence-electron chi connectivity index (χ0n) is 21.0. The Morgan fingerprint density at radius 1 is 0.308 bits per heavy atom. The zero-order valence-corrected chi connectivity index (χ0v) is 21.0. The lowest BCUT2D eigenvalue weighted by atomic mass is 9.93. The molecular formula is C36H23NO2. The first-order valence-corrected chi connectivity index (χ1v) is 13.1. The van der Waals surface area contributed by atoms with E-state index in [0.717, 1.165) is 78.9 Å². The molecule has 0 unspecified atom stereocenters. The zero-order chi connectivity index (χ0) is 25.8. The molecule has 0 bridgehead atoms. The molecule has 3 heteroatoms. The molecule has 184 valence electrons. The topological polar surface area (TPSA) is 30.5 Å². The largest absolute Gasteiger partial charge is 0.456 e. The minimum absolute atomic E-state index is 0.862. The summed E-state index contributed by atoms with van der Waals surface area (Å²) in [5, 5.41) is 3.67. The van der Waals surface area contributed by atoms with Gasteiger partial charge in [0.15, 0.2) is 0 Å². The standard InChI is InChI=1S/C36H23NO2/c1-5-13-33-27(9-1)25-19-17-23(21-31(25)29-11-3-7-15-35(29)38-33)37-24-18-20-26-28-10-2-6-14-34(28)39-36-16-8-4-12-30(36)32(26)22-24/h1-22,37H. The molecule has 2 aliphatic heterocycles. The van der Waals surface area contributed by atoms with E-state index < -0.39 is 0 Å². The van der Waals surface area contributed by atoms with Gasteiger partial charge in [-0.2, -0.15) is 0 Å². The first-order chi connectivity index (χ1) is 19.3. The SMILES string of the molecule is c1ccc2c(c1)Oc1ccccc1-c1cc(Nc3ccc4c(c3)-c3ccccc3Oc3ccccc3-4)ccc1-2. The summed E-state index contributed by atoms with van der Waals surface area (Å²) >= 11 is 0. The fourth-order valence-corrected chi connectivity index (χ4v) is 5.68. The Bertz CT molecular complexity index is 1770. The summed E-state index contributed by atoms with van der Waals surface area (Å²) in [6, 6.07) is 46.0. The highest BCUT2D eigenvalue weighted by Crippen LogP contribution is 2.49. The molecule has 0 radical (unpaired) electrons. The van der Waals surface area contributed by atoms with E-state index in [0.29, 0.717) is 0 Å². The fraction of sp³-hybridized carbons (Fsp3) is 0. The highest BCUT2D eigenvalue weighted by Gasteiger charge is 2.22. The average Bonchev–Trinajstić information content (AvgIpc) is 3.21. The quantitative estimate of drug-likeness (QED) is 0.256. The van der Waals surface area contributed by atoms with Crippen LogP contribution in [0, 0.1) is 0 Å². The molecule has 6 aromatic carbocycles. The van der Waals surface area contributed by atoms with Crippen LogP contribution in [0.25, 0.3) is 44.5 Å². The first kappa shape index (κ1) is 21.8. The van der Waals surface area contributed by atoms with E-state index in [-0.39, 0.29) is 0 Å². The van der Waals surface area contributed by atoms with E-state index in [1.54, 1.807) is 0 Å². The Kier molecular flexibility index (Phi) is 4.82. The van der Waals surface area contributed by atoms with Crippen LogP contribution in [0.4, 0.5) is 11.4 Å². The monoisotopic (exact) mass is 501 g/mol. The van der Waals surface area contributed by atoms with E-state index in [4.69, 9.17) is 9.47 Å². The van der Waals surface area contributed by atoms with Gasteiger partial charge >= 0.3 is 0 Å². The maximum Gasteiger partial charge on any atom is 0.135 e. The molecule has 0 saturated heterocycles. The van der Waals surface area contributed by atoms with Crippen LogP contribution in [0.2, 0.25) is 0 Å². The van der Waals surface area contributed by atoms with Gasteiger partial charge in [-0.15, -0.1) is 0 Å². The van der Waals surface area contributed by atoms with Gasteiger partial charge in [-0.05, 0) is 70.8 Å². The molecular weight excluding hydrogens is 478 g/mol. The predicted octanol–water partition coefficient (Wildman–Crippen LogP) is 10.3. The lowest BCUT2D eigenvalue weighted by molar-refractivity contribution is 0.487. The summed E-state index contributed by atoms with van der Waals surface area (Å²) in [7, 11) is 0. The van der Waals surface area contributed by atoms with E-state index in [1.165, 1.54) is 0 Å².